The zero-order chi connectivity index (χ0) is 12.2. The Labute approximate surface area is 108 Å². The lowest BCUT2D eigenvalue weighted by molar-refractivity contribution is 0.799. The lowest BCUT2D eigenvalue weighted by atomic mass is 10.2. The van der Waals surface area contributed by atoms with Crippen LogP contribution in [0.5, 0.6) is 0 Å². The molecular weight excluding hydrogens is 220 g/mol. The number of hydrogen-bond acceptors (Lipinski definition) is 2. The van der Waals surface area contributed by atoms with E-state index in [0.29, 0.717) is 0 Å². The Morgan fingerprint density at radius 1 is 0.778 bits per heavy atom. The highest BCUT2D eigenvalue weighted by atomic mass is 15.3. The van der Waals surface area contributed by atoms with Gasteiger partial charge in [-0.1, -0.05) is 36.4 Å². The standard InChI is InChI=1S/C16H15N2/c1-3-8-15(9-4-1)17-12-7-13-18(14-17)16-10-5-2-6-11-16/h1-6,8-12H,13-14H2. The third-order valence-corrected chi connectivity index (χ3v) is 3.06. The van der Waals surface area contributed by atoms with Crippen molar-refractivity contribution in [1.29, 1.82) is 0 Å². The predicted molar refractivity (Wildman–Crippen MR) is 75.4 cm³/mol. The number of hydrogen-bond donors (Lipinski definition) is 0. The van der Waals surface area contributed by atoms with E-state index in [1.165, 1.54) is 11.4 Å². The van der Waals surface area contributed by atoms with E-state index >= 15 is 0 Å². The molecule has 0 saturated heterocycles. The van der Waals surface area contributed by atoms with Crippen molar-refractivity contribution in [2.75, 3.05) is 23.0 Å². The topological polar surface area (TPSA) is 6.48 Å². The lowest BCUT2D eigenvalue weighted by Gasteiger charge is -2.33. The number of anilines is 2. The van der Waals surface area contributed by atoms with Gasteiger partial charge in [0.1, 0.15) is 0 Å². The molecule has 0 N–H and O–H groups in total. The van der Waals surface area contributed by atoms with Crippen LogP contribution in [0.15, 0.2) is 66.9 Å². The summed E-state index contributed by atoms with van der Waals surface area (Å²) in [6, 6.07) is 20.8. The maximum atomic E-state index is 3.31. The quantitative estimate of drug-likeness (QED) is 0.788. The van der Waals surface area contributed by atoms with Crippen LogP contribution in [0.3, 0.4) is 0 Å². The molecule has 18 heavy (non-hydrogen) atoms. The Morgan fingerprint density at radius 2 is 1.39 bits per heavy atom. The van der Waals surface area contributed by atoms with Crippen LogP contribution in [-0.2, 0) is 0 Å². The maximum Gasteiger partial charge on any atom is 0.0949 e. The van der Waals surface area contributed by atoms with Crippen molar-refractivity contribution in [2.24, 2.45) is 0 Å². The van der Waals surface area contributed by atoms with Crippen LogP contribution in [0.2, 0.25) is 0 Å². The zero-order valence-electron chi connectivity index (χ0n) is 10.2. The summed E-state index contributed by atoms with van der Waals surface area (Å²) in [6.45, 7) is 1.70. The van der Waals surface area contributed by atoms with E-state index in [9.17, 15) is 0 Å². The van der Waals surface area contributed by atoms with E-state index in [1.54, 1.807) is 0 Å². The van der Waals surface area contributed by atoms with Crippen molar-refractivity contribution >= 4 is 11.4 Å². The first kappa shape index (κ1) is 10.9. The molecule has 1 heterocycles. The molecule has 2 aromatic rings. The van der Waals surface area contributed by atoms with Gasteiger partial charge in [0, 0.05) is 24.1 Å². The second-order valence-corrected chi connectivity index (χ2v) is 4.31. The average Bonchev–Trinajstić information content (AvgIpc) is 2.49. The summed E-state index contributed by atoms with van der Waals surface area (Å²) in [5.74, 6) is 0. The number of nitrogens with zero attached hydrogens (tertiary/aromatic N) is 2. The molecule has 1 radical (unpaired) electrons. The van der Waals surface area contributed by atoms with Crippen molar-refractivity contribution in [3.8, 4) is 0 Å². The fourth-order valence-electron chi connectivity index (χ4n) is 2.12. The van der Waals surface area contributed by atoms with Gasteiger partial charge in [-0.05, 0) is 30.3 Å². The molecule has 0 atom stereocenters. The highest BCUT2D eigenvalue weighted by Gasteiger charge is 2.13. The largest absolute Gasteiger partial charge is 0.349 e. The first-order valence-electron chi connectivity index (χ1n) is 6.12. The van der Waals surface area contributed by atoms with Crippen LogP contribution in [-0.4, -0.2) is 13.2 Å². The molecule has 0 unspecified atom stereocenters. The van der Waals surface area contributed by atoms with Crippen molar-refractivity contribution in [3.63, 3.8) is 0 Å². The second-order valence-electron chi connectivity index (χ2n) is 4.31. The third-order valence-electron chi connectivity index (χ3n) is 3.06. The zero-order valence-corrected chi connectivity index (χ0v) is 10.2. The van der Waals surface area contributed by atoms with Crippen molar-refractivity contribution < 1.29 is 0 Å². The molecule has 2 nitrogen and oxygen atoms in total. The van der Waals surface area contributed by atoms with Gasteiger partial charge in [-0.15, -0.1) is 0 Å². The fraction of sp³-hybridized carbons (Fsp3) is 0.125. The Morgan fingerprint density at radius 3 is 2.06 bits per heavy atom. The number of benzene rings is 2. The van der Waals surface area contributed by atoms with Gasteiger partial charge in [0.15, 0.2) is 0 Å². The highest BCUT2D eigenvalue weighted by Crippen LogP contribution is 2.20. The molecule has 89 valence electrons. The first-order valence-corrected chi connectivity index (χ1v) is 6.12. The molecule has 0 fully saturated rings. The van der Waals surface area contributed by atoms with Gasteiger partial charge in [0.05, 0.1) is 6.67 Å². The average molecular weight is 235 g/mol. The Kier molecular flexibility index (Phi) is 3.01. The Hall–Kier alpha value is -2.22. The summed E-state index contributed by atoms with van der Waals surface area (Å²) < 4.78 is 0. The van der Waals surface area contributed by atoms with Crippen LogP contribution >= 0.6 is 0 Å². The molecular formula is C16H15N2. The minimum absolute atomic E-state index is 0.841. The highest BCUT2D eigenvalue weighted by molar-refractivity contribution is 5.54. The molecule has 0 saturated carbocycles. The Balaban J connectivity index is 1.81. The van der Waals surface area contributed by atoms with E-state index in [2.05, 4.69) is 64.4 Å². The van der Waals surface area contributed by atoms with Crippen molar-refractivity contribution in [3.05, 3.63) is 72.9 Å². The second kappa shape index (κ2) is 4.96. The molecule has 2 aromatic carbocycles. The Bertz CT molecular complexity index is 519. The molecule has 0 aromatic heterocycles. The van der Waals surface area contributed by atoms with Gasteiger partial charge in [0.2, 0.25) is 0 Å². The van der Waals surface area contributed by atoms with E-state index in [-0.39, 0.29) is 0 Å². The van der Waals surface area contributed by atoms with E-state index in [1.807, 2.05) is 18.3 Å². The van der Waals surface area contributed by atoms with Gasteiger partial charge >= 0.3 is 0 Å². The molecule has 0 bridgehead atoms. The maximum absolute atomic E-state index is 3.31. The van der Waals surface area contributed by atoms with Crippen LogP contribution in [0.25, 0.3) is 0 Å². The minimum atomic E-state index is 0.841. The van der Waals surface area contributed by atoms with Crippen LogP contribution < -0.4 is 9.80 Å². The van der Waals surface area contributed by atoms with Gasteiger partial charge < -0.3 is 9.80 Å². The van der Waals surface area contributed by atoms with Crippen LogP contribution in [0, 0.1) is 6.08 Å². The van der Waals surface area contributed by atoms with Crippen molar-refractivity contribution in [1.82, 2.24) is 0 Å². The summed E-state index contributed by atoms with van der Waals surface area (Å²) in [7, 11) is 0. The van der Waals surface area contributed by atoms with E-state index in [4.69, 9.17) is 0 Å². The van der Waals surface area contributed by atoms with Gasteiger partial charge in [0.25, 0.3) is 0 Å². The summed E-state index contributed by atoms with van der Waals surface area (Å²) in [4.78, 5) is 4.50. The minimum Gasteiger partial charge on any atom is -0.349 e. The van der Waals surface area contributed by atoms with Gasteiger partial charge in [-0.2, -0.15) is 0 Å². The van der Waals surface area contributed by atoms with Gasteiger partial charge in [-0.25, -0.2) is 0 Å². The summed E-state index contributed by atoms with van der Waals surface area (Å²) >= 11 is 0. The predicted octanol–water partition coefficient (Wildman–Crippen LogP) is 3.29. The SMILES string of the molecule is [C]1=CN(c2ccccc2)CN(c2ccccc2)C1. The molecule has 1 aliphatic heterocycles. The van der Waals surface area contributed by atoms with Crippen LogP contribution in [0.4, 0.5) is 11.4 Å². The number of rotatable bonds is 2. The van der Waals surface area contributed by atoms with Gasteiger partial charge in [-0.3, -0.25) is 0 Å². The fourth-order valence-corrected chi connectivity index (χ4v) is 2.12. The smallest absolute Gasteiger partial charge is 0.0949 e. The normalized spacial score (nSPS) is 14.9. The molecule has 0 spiro atoms. The molecule has 2 heteroatoms. The first-order chi connectivity index (χ1) is 8.93. The van der Waals surface area contributed by atoms with Crippen LogP contribution in [0.1, 0.15) is 0 Å². The van der Waals surface area contributed by atoms with E-state index < -0.39 is 0 Å². The summed E-state index contributed by atoms with van der Waals surface area (Å²) in [6.07, 6.45) is 5.35. The third kappa shape index (κ3) is 2.23. The molecule has 1 aliphatic rings. The van der Waals surface area contributed by atoms with E-state index in [0.717, 1.165) is 13.2 Å². The molecule has 0 aliphatic carbocycles. The van der Waals surface area contributed by atoms with Crippen molar-refractivity contribution in [2.45, 2.75) is 0 Å². The monoisotopic (exact) mass is 235 g/mol. The molecule has 3 rings (SSSR count). The summed E-state index contributed by atoms with van der Waals surface area (Å²) in [5, 5.41) is 0. The number of para-hydroxylation sites is 2. The summed E-state index contributed by atoms with van der Waals surface area (Å²) in [5.41, 5.74) is 2.43. The molecule has 0 amide bonds. The lowest BCUT2D eigenvalue weighted by Crippen LogP contribution is -2.39.